The third-order valence-corrected chi connectivity index (χ3v) is 2.99. The molecule has 0 aliphatic carbocycles. The highest BCUT2D eigenvalue weighted by atomic mass is 35.5. The molecular formula is C13H15ClN2O. The van der Waals surface area contributed by atoms with E-state index >= 15 is 0 Å². The van der Waals surface area contributed by atoms with Crippen LogP contribution >= 0.6 is 11.6 Å². The zero-order valence-corrected chi connectivity index (χ0v) is 10.3. The van der Waals surface area contributed by atoms with Gasteiger partial charge < -0.3 is 5.11 Å². The summed E-state index contributed by atoms with van der Waals surface area (Å²) in [5.41, 5.74) is 1.68. The number of nitrogens with zero attached hydrogens (tertiary/aromatic N) is 2. The van der Waals surface area contributed by atoms with Gasteiger partial charge in [0.25, 0.3) is 0 Å². The quantitative estimate of drug-likeness (QED) is 0.830. The summed E-state index contributed by atoms with van der Waals surface area (Å²) in [6, 6.07) is 5.69. The number of fused-ring (bicyclic) bond motifs is 1. The van der Waals surface area contributed by atoms with Gasteiger partial charge in [0.2, 0.25) is 0 Å². The van der Waals surface area contributed by atoms with Gasteiger partial charge in [-0.1, -0.05) is 18.0 Å². The summed E-state index contributed by atoms with van der Waals surface area (Å²) in [4.78, 5) is 8.69. The van der Waals surface area contributed by atoms with Gasteiger partial charge in [-0.3, -0.25) is 0 Å². The number of aryl methyl sites for hydroxylation is 1. The average Bonchev–Trinajstić information content (AvgIpc) is 2.35. The number of hydrogen-bond donors (Lipinski definition) is 1. The molecule has 2 aromatic rings. The molecule has 0 aliphatic rings. The zero-order chi connectivity index (χ0) is 12.1. The molecule has 1 N–H and O–H groups in total. The summed E-state index contributed by atoms with van der Waals surface area (Å²) in [5, 5.41) is 10.3. The summed E-state index contributed by atoms with van der Waals surface area (Å²) in [7, 11) is 0. The molecule has 0 fully saturated rings. The van der Waals surface area contributed by atoms with Gasteiger partial charge in [0.15, 0.2) is 5.65 Å². The van der Waals surface area contributed by atoms with Gasteiger partial charge >= 0.3 is 0 Å². The Balaban J connectivity index is 2.13. The van der Waals surface area contributed by atoms with Gasteiger partial charge in [-0.25, -0.2) is 9.97 Å². The average molecular weight is 251 g/mol. The maximum absolute atomic E-state index is 8.70. The van der Waals surface area contributed by atoms with Gasteiger partial charge in [0.1, 0.15) is 0 Å². The summed E-state index contributed by atoms with van der Waals surface area (Å²) >= 11 is 6.18. The Morgan fingerprint density at radius 2 is 2.12 bits per heavy atom. The van der Waals surface area contributed by atoms with Crippen LogP contribution in [0.1, 0.15) is 25.0 Å². The Kier molecular flexibility index (Phi) is 4.29. The minimum Gasteiger partial charge on any atom is -0.396 e. The fourth-order valence-corrected chi connectivity index (χ4v) is 2.06. The smallest absolute Gasteiger partial charge is 0.160 e. The first-order valence-electron chi connectivity index (χ1n) is 5.82. The lowest BCUT2D eigenvalue weighted by atomic mass is 10.1. The number of rotatable bonds is 5. The van der Waals surface area contributed by atoms with Crippen LogP contribution in [0, 0.1) is 0 Å². The molecular weight excluding hydrogens is 236 g/mol. The van der Waals surface area contributed by atoms with E-state index in [1.807, 2.05) is 18.2 Å². The fourth-order valence-electron chi connectivity index (χ4n) is 1.79. The number of halogens is 1. The Hall–Kier alpha value is -1.19. The second-order valence-corrected chi connectivity index (χ2v) is 4.41. The molecule has 4 heteroatoms. The van der Waals surface area contributed by atoms with E-state index in [0.29, 0.717) is 10.7 Å². The van der Waals surface area contributed by atoms with Crippen molar-refractivity contribution < 1.29 is 5.11 Å². The molecule has 2 heterocycles. The number of unbranched alkanes of at least 4 members (excludes halogenated alkanes) is 2. The summed E-state index contributed by atoms with van der Waals surface area (Å²) in [5.74, 6) is 0. The molecule has 0 spiro atoms. The number of hydrogen-bond acceptors (Lipinski definition) is 3. The highest BCUT2D eigenvalue weighted by Gasteiger charge is 2.04. The number of pyridine rings is 2. The van der Waals surface area contributed by atoms with E-state index in [1.165, 1.54) is 0 Å². The molecule has 2 aromatic heterocycles. The van der Waals surface area contributed by atoms with E-state index in [2.05, 4.69) is 9.97 Å². The molecule has 0 aliphatic heterocycles. The minimum absolute atomic E-state index is 0.257. The van der Waals surface area contributed by atoms with Crippen LogP contribution in [-0.4, -0.2) is 21.7 Å². The fraction of sp³-hybridized carbons (Fsp3) is 0.385. The van der Waals surface area contributed by atoms with E-state index in [0.717, 1.165) is 36.8 Å². The molecule has 2 rings (SSSR count). The highest BCUT2D eigenvalue weighted by Crippen LogP contribution is 2.22. The lowest BCUT2D eigenvalue weighted by Gasteiger charge is -2.04. The molecule has 0 amide bonds. The van der Waals surface area contributed by atoms with E-state index < -0.39 is 0 Å². The van der Waals surface area contributed by atoms with Crippen LogP contribution in [0.4, 0.5) is 0 Å². The van der Waals surface area contributed by atoms with Crippen LogP contribution in [0.15, 0.2) is 24.4 Å². The first kappa shape index (κ1) is 12.3. The van der Waals surface area contributed by atoms with Crippen molar-refractivity contribution in [1.82, 2.24) is 9.97 Å². The van der Waals surface area contributed by atoms with Crippen molar-refractivity contribution in [3.63, 3.8) is 0 Å². The van der Waals surface area contributed by atoms with Crippen molar-refractivity contribution in [3.8, 4) is 0 Å². The van der Waals surface area contributed by atoms with E-state index in [4.69, 9.17) is 16.7 Å². The number of aliphatic hydroxyl groups excluding tert-OH is 1. The largest absolute Gasteiger partial charge is 0.396 e. The van der Waals surface area contributed by atoms with E-state index in [1.54, 1.807) is 6.20 Å². The molecule has 17 heavy (non-hydrogen) atoms. The summed E-state index contributed by atoms with van der Waals surface area (Å²) < 4.78 is 0. The normalized spacial score (nSPS) is 10.9. The third kappa shape index (κ3) is 3.14. The highest BCUT2D eigenvalue weighted by molar-refractivity contribution is 6.35. The van der Waals surface area contributed by atoms with Gasteiger partial charge in [-0.05, 0) is 37.5 Å². The Labute approximate surface area is 105 Å². The van der Waals surface area contributed by atoms with Gasteiger partial charge in [-0.15, -0.1) is 0 Å². The second kappa shape index (κ2) is 5.94. The monoisotopic (exact) mass is 250 g/mol. The Bertz CT molecular complexity index is 502. The van der Waals surface area contributed by atoms with Crippen molar-refractivity contribution in [3.05, 3.63) is 35.1 Å². The lowest BCUT2D eigenvalue weighted by molar-refractivity contribution is 0.283. The van der Waals surface area contributed by atoms with Crippen LogP contribution in [-0.2, 0) is 6.42 Å². The predicted octanol–water partition coefficient (Wildman–Crippen LogP) is 2.99. The van der Waals surface area contributed by atoms with Crippen LogP contribution in [0.3, 0.4) is 0 Å². The predicted molar refractivity (Wildman–Crippen MR) is 69.2 cm³/mol. The van der Waals surface area contributed by atoms with Gasteiger partial charge in [0, 0.05) is 23.9 Å². The van der Waals surface area contributed by atoms with E-state index in [-0.39, 0.29) is 6.61 Å². The molecule has 0 aromatic carbocycles. The molecule has 0 bridgehead atoms. The van der Waals surface area contributed by atoms with Crippen molar-refractivity contribution >= 4 is 22.6 Å². The Morgan fingerprint density at radius 1 is 1.24 bits per heavy atom. The molecule has 0 saturated carbocycles. The van der Waals surface area contributed by atoms with E-state index in [9.17, 15) is 0 Å². The number of aliphatic hydroxyl groups is 1. The third-order valence-electron chi connectivity index (χ3n) is 2.68. The van der Waals surface area contributed by atoms with Crippen molar-refractivity contribution in [2.75, 3.05) is 6.61 Å². The molecule has 0 saturated heterocycles. The maximum atomic E-state index is 8.70. The molecule has 0 atom stereocenters. The first-order chi connectivity index (χ1) is 8.31. The van der Waals surface area contributed by atoms with Crippen LogP contribution in [0.5, 0.6) is 0 Å². The lowest BCUT2D eigenvalue weighted by Crippen LogP contribution is -1.94. The van der Waals surface area contributed by atoms with Crippen molar-refractivity contribution in [2.24, 2.45) is 0 Å². The zero-order valence-electron chi connectivity index (χ0n) is 9.56. The topological polar surface area (TPSA) is 46.0 Å². The molecule has 90 valence electrons. The Morgan fingerprint density at radius 3 is 2.94 bits per heavy atom. The van der Waals surface area contributed by atoms with Crippen LogP contribution in [0.25, 0.3) is 11.0 Å². The molecule has 3 nitrogen and oxygen atoms in total. The minimum atomic E-state index is 0.257. The molecule has 0 radical (unpaired) electrons. The molecule has 0 unspecified atom stereocenters. The summed E-state index contributed by atoms with van der Waals surface area (Å²) in [6.07, 6.45) is 5.48. The van der Waals surface area contributed by atoms with Crippen molar-refractivity contribution in [2.45, 2.75) is 25.7 Å². The standard InChI is InChI=1S/C13H15ClN2O/c14-12-9-10(5-2-1-3-8-17)16-13-11(12)6-4-7-15-13/h4,6-7,9,17H,1-3,5,8H2. The SMILES string of the molecule is OCCCCCc1cc(Cl)c2cccnc2n1. The summed E-state index contributed by atoms with van der Waals surface area (Å²) in [6.45, 7) is 0.257. The van der Waals surface area contributed by atoms with Crippen LogP contribution in [0.2, 0.25) is 5.02 Å². The van der Waals surface area contributed by atoms with Crippen LogP contribution < -0.4 is 0 Å². The van der Waals surface area contributed by atoms with Crippen molar-refractivity contribution in [1.29, 1.82) is 0 Å². The first-order valence-corrected chi connectivity index (χ1v) is 6.20. The second-order valence-electron chi connectivity index (χ2n) is 4.00. The van der Waals surface area contributed by atoms with Gasteiger partial charge in [-0.2, -0.15) is 0 Å². The van der Waals surface area contributed by atoms with Gasteiger partial charge in [0.05, 0.1) is 5.02 Å². The maximum Gasteiger partial charge on any atom is 0.160 e. The number of aromatic nitrogens is 2.